The molecule has 2 aromatic carbocycles. The van der Waals surface area contributed by atoms with Crippen LogP contribution < -0.4 is 0 Å². The van der Waals surface area contributed by atoms with Crippen LogP contribution in [0, 0.1) is 0 Å². The van der Waals surface area contributed by atoms with Gasteiger partial charge in [0.05, 0.1) is 6.04 Å². The van der Waals surface area contributed by atoms with Gasteiger partial charge >= 0.3 is 0 Å². The van der Waals surface area contributed by atoms with Crippen LogP contribution in [0.25, 0.3) is 11.1 Å². The van der Waals surface area contributed by atoms with Crippen LogP contribution >= 0.6 is 0 Å². The minimum absolute atomic E-state index is 0.388. The average Bonchev–Trinajstić information content (AvgIpc) is 3.13. The molecule has 1 aliphatic carbocycles. The lowest BCUT2D eigenvalue weighted by Gasteiger charge is -2.15. The first-order chi connectivity index (χ1) is 9.83. The monoisotopic (exact) mass is 259 g/mol. The zero-order chi connectivity index (χ0) is 13.5. The van der Waals surface area contributed by atoms with Crippen molar-refractivity contribution in [3.8, 4) is 11.1 Å². The second-order valence-electron chi connectivity index (χ2n) is 5.56. The molecule has 1 nitrogen and oxygen atoms in total. The van der Waals surface area contributed by atoms with Gasteiger partial charge in [-0.3, -0.25) is 0 Å². The zero-order valence-electron chi connectivity index (χ0n) is 11.6. The molecular formula is C19H17N. The third-order valence-corrected chi connectivity index (χ3v) is 4.37. The number of benzene rings is 2. The van der Waals surface area contributed by atoms with E-state index < -0.39 is 0 Å². The Labute approximate surface area is 119 Å². The first-order valence-electron chi connectivity index (χ1n) is 7.16. The molecule has 1 heterocycles. The molecule has 20 heavy (non-hydrogen) atoms. The third kappa shape index (κ3) is 1.70. The molecule has 4 rings (SSSR count). The Kier molecular flexibility index (Phi) is 2.53. The summed E-state index contributed by atoms with van der Waals surface area (Å²) in [7, 11) is 0. The van der Waals surface area contributed by atoms with E-state index in [9.17, 15) is 0 Å². The van der Waals surface area contributed by atoms with Crippen molar-refractivity contribution in [2.75, 3.05) is 0 Å². The SMILES string of the molecule is CC(c1ccc2c(c1)Cc1ccccc1-2)n1cccc1. The number of hydrogen-bond acceptors (Lipinski definition) is 0. The normalized spacial score (nSPS) is 13.8. The molecule has 3 aromatic rings. The molecule has 0 bridgehead atoms. The molecular weight excluding hydrogens is 242 g/mol. The minimum Gasteiger partial charge on any atom is -0.347 e. The van der Waals surface area contributed by atoms with Gasteiger partial charge in [0.15, 0.2) is 0 Å². The molecule has 1 atom stereocenters. The van der Waals surface area contributed by atoms with Gasteiger partial charge in [0.1, 0.15) is 0 Å². The predicted octanol–water partition coefficient (Wildman–Crippen LogP) is 4.67. The van der Waals surface area contributed by atoms with Gasteiger partial charge in [-0.25, -0.2) is 0 Å². The highest BCUT2D eigenvalue weighted by Crippen LogP contribution is 2.37. The summed E-state index contributed by atoms with van der Waals surface area (Å²) in [6.07, 6.45) is 5.33. The fourth-order valence-corrected chi connectivity index (χ4v) is 3.20. The molecule has 0 fully saturated rings. The Bertz CT molecular complexity index is 753. The van der Waals surface area contributed by atoms with E-state index in [1.54, 1.807) is 0 Å². The Morgan fingerprint density at radius 2 is 1.60 bits per heavy atom. The van der Waals surface area contributed by atoms with Gasteiger partial charge in [-0.15, -0.1) is 0 Å². The highest BCUT2D eigenvalue weighted by molar-refractivity contribution is 5.77. The number of aromatic nitrogens is 1. The Morgan fingerprint density at radius 1 is 0.850 bits per heavy atom. The van der Waals surface area contributed by atoms with E-state index in [1.807, 2.05) is 0 Å². The maximum Gasteiger partial charge on any atom is 0.0551 e. The van der Waals surface area contributed by atoms with Crippen molar-refractivity contribution in [1.82, 2.24) is 4.57 Å². The van der Waals surface area contributed by atoms with E-state index in [1.165, 1.54) is 27.8 Å². The number of nitrogens with zero attached hydrogens (tertiary/aromatic N) is 1. The van der Waals surface area contributed by atoms with E-state index in [0.29, 0.717) is 6.04 Å². The first-order valence-corrected chi connectivity index (χ1v) is 7.16. The van der Waals surface area contributed by atoms with Crippen LogP contribution in [0.1, 0.15) is 29.7 Å². The second kappa shape index (κ2) is 4.38. The molecule has 1 heteroatoms. The quantitative estimate of drug-likeness (QED) is 0.493. The summed E-state index contributed by atoms with van der Waals surface area (Å²) in [5, 5.41) is 0. The van der Waals surface area contributed by atoms with Gasteiger partial charge in [-0.05, 0) is 53.3 Å². The lowest BCUT2D eigenvalue weighted by molar-refractivity contribution is 0.643. The summed E-state index contributed by atoms with van der Waals surface area (Å²) in [5.41, 5.74) is 7.11. The predicted molar refractivity (Wildman–Crippen MR) is 82.9 cm³/mol. The molecule has 0 aliphatic heterocycles. The fraction of sp³-hybridized carbons (Fsp3) is 0.158. The summed E-state index contributed by atoms with van der Waals surface area (Å²) in [6, 6.07) is 20.2. The lowest BCUT2D eigenvalue weighted by atomic mass is 10.0. The number of fused-ring (bicyclic) bond motifs is 3. The van der Waals surface area contributed by atoms with Crippen molar-refractivity contribution in [3.63, 3.8) is 0 Å². The van der Waals surface area contributed by atoms with Crippen LogP contribution in [0.2, 0.25) is 0 Å². The smallest absolute Gasteiger partial charge is 0.0551 e. The minimum atomic E-state index is 0.388. The maximum atomic E-state index is 2.38. The molecule has 0 N–H and O–H groups in total. The molecule has 98 valence electrons. The molecule has 0 amide bonds. The summed E-state index contributed by atoms with van der Waals surface area (Å²) < 4.78 is 2.25. The van der Waals surface area contributed by atoms with Gasteiger partial charge in [0.25, 0.3) is 0 Å². The van der Waals surface area contributed by atoms with Crippen LogP contribution in [0.3, 0.4) is 0 Å². The van der Waals surface area contributed by atoms with Crippen molar-refractivity contribution in [1.29, 1.82) is 0 Å². The molecule has 1 aromatic heterocycles. The third-order valence-electron chi connectivity index (χ3n) is 4.37. The van der Waals surface area contributed by atoms with Crippen LogP contribution in [-0.4, -0.2) is 4.57 Å². The summed E-state index contributed by atoms with van der Waals surface area (Å²) in [5.74, 6) is 0. The summed E-state index contributed by atoms with van der Waals surface area (Å²) >= 11 is 0. The van der Waals surface area contributed by atoms with E-state index in [-0.39, 0.29) is 0 Å². The van der Waals surface area contributed by atoms with Gasteiger partial charge in [-0.2, -0.15) is 0 Å². The van der Waals surface area contributed by atoms with E-state index >= 15 is 0 Å². The van der Waals surface area contributed by atoms with Crippen molar-refractivity contribution in [2.45, 2.75) is 19.4 Å². The molecule has 1 unspecified atom stereocenters. The first kappa shape index (κ1) is 11.5. The van der Waals surface area contributed by atoms with Gasteiger partial charge < -0.3 is 4.57 Å². The fourth-order valence-electron chi connectivity index (χ4n) is 3.20. The lowest BCUT2D eigenvalue weighted by Crippen LogP contribution is -2.04. The van der Waals surface area contributed by atoms with Gasteiger partial charge in [-0.1, -0.05) is 42.5 Å². The van der Waals surface area contributed by atoms with Crippen molar-refractivity contribution in [2.24, 2.45) is 0 Å². The Balaban J connectivity index is 1.75. The second-order valence-corrected chi connectivity index (χ2v) is 5.56. The molecule has 0 saturated heterocycles. The molecule has 0 radical (unpaired) electrons. The van der Waals surface area contributed by atoms with Gasteiger partial charge in [0, 0.05) is 12.4 Å². The molecule has 0 spiro atoms. The number of rotatable bonds is 2. The Hall–Kier alpha value is -2.28. The van der Waals surface area contributed by atoms with Crippen molar-refractivity contribution in [3.05, 3.63) is 83.7 Å². The topological polar surface area (TPSA) is 4.93 Å². The van der Waals surface area contributed by atoms with Crippen molar-refractivity contribution >= 4 is 0 Å². The van der Waals surface area contributed by atoms with Gasteiger partial charge in [0.2, 0.25) is 0 Å². The van der Waals surface area contributed by atoms with Crippen LogP contribution in [-0.2, 0) is 6.42 Å². The Morgan fingerprint density at radius 3 is 2.45 bits per heavy atom. The van der Waals surface area contributed by atoms with Crippen LogP contribution in [0.5, 0.6) is 0 Å². The van der Waals surface area contributed by atoms with E-state index in [2.05, 4.69) is 78.5 Å². The highest BCUT2D eigenvalue weighted by atomic mass is 15.0. The highest BCUT2D eigenvalue weighted by Gasteiger charge is 2.19. The van der Waals surface area contributed by atoms with E-state index in [0.717, 1.165) is 6.42 Å². The van der Waals surface area contributed by atoms with Crippen LogP contribution in [0.4, 0.5) is 0 Å². The summed E-state index contributed by atoms with van der Waals surface area (Å²) in [6.45, 7) is 2.25. The maximum absolute atomic E-state index is 2.38. The molecule has 0 saturated carbocycles. The standard InChI is InChI=1S/C19H17N/c1-14(20-10-4-5-11-20)15-8-9-19-17(12-15)13-16-6-2-3-7-18(16)19/h2-12,14H,13H2,1H3. The summed E-state index contributed by atoms with van der Waals surface area (Å²) in [4.78, 5) is 0. The largest absolute Gasteiger partial charge is 0.347 e. The molecule has 1 aliphatic rings. The zero-order valence-corrected chi connectivity index (χ0v) is 11.6. The van der Waals surface area contributed by atoms with E-state index in [4.69, 9.17) is 0 Å². The average molecular weight is 259 g/mol. The van der Waals surface area contributed by atoms with Crippen molar-refractivity contribution < 1.29 is 0 Å². The van der Waals surface area contributed by atoms with Crippen LogP contribution in [0.15, 0.2) is 67.0 Å². The number of hydrogen-bond donors (Lipinski definition) is 0.